The minimum absolute atomic E-state index is 0.0136. The van der Waals surface area contributed by atoms with Gasteiger partial charge in [0.25, 0.3) is 5.91 Å². The Bertz CT molecular complexity index is 593. The van der Waals surface area contributed by atoms with Crippen LogP contribution in [0.3, 0.4) is 0 Å². The molecule has 2 fully saturated rings. The predicted octanol–water partition coefficient (Wildman–Crippen LogP) is 2.47. The molecule has 0 spiro atoms. The van der Waals surface area contributed by atoms with E-state index in [4.69, 9.17) is 23.2 Å². The number of carbonyl (C=O) groups is 2. The van der Waals surface area contributed by atoms with Crippen LogP contribution in [0.4, 0.5) is 0 Å². The average molecular weight is 315 g/mol. The maximum Gasteiger partial charge on any atom is 0.308 e. The molecular weight excluding hydrogens is 303 g/mol. The Morgan fingerprint density at radius 2 is 2.05 bits per heavy atom. The van der Waals surface area contributed by atoms with Crippen LogP contribution in [-0.4, -0.2) is 39.0 Å². The Morgan fingerprint density at radius 1 is 1.30 bits per heavy atom. The molecule has 1 N–H and O–H groups in total. The second-order valence-corrected chi connectivity index (χ2v) is 5.91. The monoisotopic (exact) mass is 314 g/mol. The van der Waals surface area contributed by atoms with Crippen molar-refractivity contribution in [1.29, 1.82) is 0 Å². The van der Waals surface area contributed by atoms with Gasteiger partial charge >= 0.3 is 5.97 Å². The number of amides is 1. The van der Waals surface area contributed by atoms with Gasteiger partial charge in [-0.1, -0.05) is 23.2 Å². The zero-order valence-corrected chi connectivity index (χ0v) is 11.9. The van der Waals surface area contributed by atoms with Crippen LogP contribution in [0.5, 0.6) is 0 Å². The first-order chi connectivity index (χ1) is 9.49. The van der Waals surface area contributed by atoms with Crippen molar-refractivity contribution in [2.75, 3.05) is 0 Å². The van der Waals surface area contributed by atoms with Gasteiger partial charge in [0.1, 0.15) is 10.3 Å². The van der Waals surface area contributed by atoms with Gasteiger partial charge in [-0.25, -0.2) is 4.98 Å². The first-order valence-corrected chi connectivity index (χ1v) is 7.12. The van der Waals surface area contributed by atoms with Crippen LogP contribution >= 0.6 is 23.2 Å². The summed E-state index contributed by atoms with van der Waals surface area (Å²) >= 11 is 11.7. The summed E-state index contributed by atoms with van der Waals surface area (Å²) in [4.78, 5) is 29.3. The molecular formula is C13H12Cl2N2O3. The van der Waals surface area contributed by atoms with E-state index in [2.05, 4.69) is 4.98 Å². The van der Waals surface area contributed by atoms with Crippen LogP contribution in [-0.2, 0) is 4.79 Å². The molecule has 3 heterocycles. The van der Waals surface area contributed by atoms with Crippen LogP contribution in [0.2, 0.25) is 10.3 Å². The lowest BCUT2D eigenvalue weighted by Gasteiger charge is -2.23. The molecule has 1 aromatic rings. The van der Waals surface area contributed by atoms with Crippen molar-refractivity contribution >= 4 is 35.1 Å². The van der Waals surface area contributed by atoms with E-state index in [1.807, 2.05) is 0 Å². The molecule has 3 atom stereocenters. The minimum atomic E-state index is -0.838. The van der Waals surface area contributed by atoms with E-state index in [-0.39, 0.29) is 33.9 Å². The molecule has 1 aromatic heterocycles. The van der Waals surface area contributed by atoms with Gasteiger partial charge in [0.15, 0.2) is 0 Å². The lowest BCUT2D eigenvalue weighted by atomic mass is 9.89. The normalized spacial score (nSPS) is 27.9. The number of aliphatic carboxylic acids is 1. The molecule has 2 aliphatic heterocycles. The van der Waals surface area contributed by atoms with E-state index in [1.54, 1.807) is 4.90 Å². The van der Waals surface area contributed by atoms with Gasteiger partial charge in [0, 0.05) is 12.1 Å². The number of hydrogen-bond acceptors (Lipinski definition) is 3. The molecule has 0 aromatic carbocycles. The molecule has 0 saturated carbocycles. The summed E-state index contributed by atoms with van der Waals surface area (Å²) in [6.45, 7) is 0. The van der Waals surface area contributed by atoms with Gasteiger partial charge in [-0.2, -0.15) is 0 Å². The number of nitrogens with zero attached hydrogens (tertiary/aromatic N) is 2. The van der Waals surface area contributed by atoms with Crippen molar-refractivity contribution < 1.29 is 14.7 Å². The van der Waals surface area contributed by atoms with Gasteiger partial charge < -0.3 is 10.0 Å². The average Bonchev–Trinajstić information content (AvgIpc) is 2.95. The SMILES string of the molecule is O=C(O)C1CC2CCC1N2C(=O)c1ccc(Cl)nc1Cl. The van der Waals surface area contributed by atoms with Crippen molar-refractivity contribution in [3.63, 3.8) is 0 Å². The molecule has 3 rings (SSSR count). The summed E-state index contributed by atoms with van der Waals surface area (Å²) in [6.07, 6.45) is 2.09. The third kappa shape index (κ3) is 2.05. The van der Waals surface area contributed by atoms with Crippen molar-refractivity contribution in [1.82, 2.24) is 9.88 Å². The van der Waals surface area contributed by atoms with Crippen LogP contribution < -0.4 is 0 Å². The molecule has 0 aliphatic carbocycles. The fourth-order valence-electron chi connectivity index (χ4n) is 3.28. The maximum atomic E-state index is 12.6. The Morgan fingerprint density at radius 3 is 2.65 bits per heavy atom. The quantitative estimate of drug-likeness (QED) is 0.851. The topological polar surface area (TPSA) is 70.5 Å². The third-order valence-corrected chi connectivity index (χ3v) is 4.63. The van der Waals surface area contributed by atoms with Gasteiger partial charge in [0.05, 0.1) is 11.5 Å². The minimum Gasteiger partial charge on any atom is -0.481 e. The Labute approximate surface area is 125 Å². The van der Waals surface area contributed by atoms with Gasteiger partial charge in [-0.05, 0) is 31.4 Å². The third-order valence-electron chi connectivity index (χ3n) is 4.13. The Hall–Kier alpha value is -1.33. The molecule has 3 unspecified atom stereocenters. The highest BCUT2D eigenvalue weighted by Crippen LogP contribution is 2.43. The molecule has 20 heavy (non-hydrogen) atoms. The lowest BCUT2D eigenvalue weighted by Crippen LogP contribution is -2.38. The molecule has 2 saturated heterocycles. The fourth-order valence-corrected chi connectivity index (χ4v) is 3.71. The summed E-state index contributed by atoms with van der Waals surface area (Å²) in [6, 6.07) is 2.79. The Kier molecular flexibility index (Phi) is 3.34. The summed E-state index contributed by atoms with van der Waals surface area (Å²) in [5, 5.41) is 9.48. The van der Waals surface area contributed by atoms with Crippen molar-refractivity contribution in [3.05, 3.63) is 28.0 Å². The number of carboxylic acid groups (broad SMARTS) is 1. The summed E-state index contributed by atoms with van der Waals surface area (Å²) in [5.41, 5.74) is 0.277. The van der Waals surface area contributed by atoms with Crippen molar-refractivity contribution in [2.45, 2.75) is 31.3 Å². The lowest BCUT2D eigenvalue weighted by molar-refractivity contribution is -0.142. The largest absolute Gasteiger partial charge is 0.481 e. The number of fused-ring (bicyclic) bond motifs is 2. The number of carboxylic acids is 1. The van der Waals surface area contributed by atoms with E-state index < -0.39 is 11.9 Å². The first-order valence-electron chi connectivity index (χ1n) is 6.36. The fraction of sp³-hybridized carbons (Fsp3) is 0.462. The molecule has 1 amide bonds. The van der Waals surface area contributed by atoms with E-state index in [9.17, 15) is 14.7 Å². The number of aromatic nitrogens is 1. The molecule has 0 radical (unpaired) electrons. The van der Waals surface area contributed by atoms with Crippen molar-refractivity contribution in [2.24, 2.45) is 5.92 Å². The van der Waals surface area contributed by atoms with Crippen LogP contribution in [0.1, 0.15) is 29.6 Å². The maximum absolute atomic E-state index is 12.6. The molecule has 7 heteroatoms. The second kappa shape index (κ2) is 4.90. The molecule has 5 nitrogen and oxygen atoms in total. The standard InChI is InChI=1S/C13H12Cl2N2O3/c14-10-4-2-7(11(15)16-10)12(18)17-6-1-3-9(17)8(5-6)13(19)20/h2,4,6,8-9H,1,3,5H2,(H,19,20). The summed E-state index contributed by atoms with van der Waals surface area (Å²) in [5.74, 6) is -1.57. The number of carbonyl (C=O) groups excluding carboxylic acids is 1. The molecule has 106 valence electrons. The highest BCUT2D eigenvalue weighted by atomic mass is 35.5. The summed E-state index contributed by atoms with van der Waals surface area (Å²) < 4.78 is 0. The van der Waals surface area contributed by atoms with E-state index in [0.717, 1.165) is 12.8 Å². The predicted molar refractivity (Wildman–Crippen MR) is 73.0 cm³/mol. The van der Waals surface area contributed by atoms with Gasteiger partial charge in [-0.3, -0.25) is 9.59 Å². The number of rotatable bonds is 2. The van der Waals surface area contributed by atoms with Crippen LogP contribution in [0.25, 0.3) is 0 Å². The number of hydrogen-bond donors (Lipinski definition) is 1. The van der Waals surface area contributed by atoms with Gasteiger partial charge in [0.2, 0.25) is 0 Å². The highest BCUT2D eigenvalue weighted by molar-refractivity contribution is 6.34. The van der Waals surface area contributed by atoms with E-state index >= 15 is 0 Å². The van der Waals surface area contributed by atoms with E-state index in [0.29, 0.717) is 6.42 Å². The highest BCUT2D eigenvalue weighted by Gasteiger charge is 2.51. The zero-order valence-electron chi connectivity index (χ0n) is 10.4. The summed E-state index contributed by atoms with van der Waals surface area (Å²) in [7, 11) is 0. The van der Waals surface area contributed by atoms with Gasteiger partial charge in [-0.15, -0.1) is 0 Å². The number of pyridine rings is 1. The molecule has 2 bridgehead atoms. The van der Waals surface area contributed by atoms with Crippen LogP contribution in [0.15, 0.2) is 12.1 Å². The first kappa shape index (κ1) is 13.6. The smallest absolute Gasteiger partial charge is 0.308 e. The zero-order chi connectivity index (χ0) is 14.4. The second-order valence-electron chi connectivity index (χ2n) is 5.16. The Balaban J connectivity index is 1.90. The van der Waals surface area contributed by atoms with E-state index in [1.165, 1.54) is 12.1 Å². The van der Waals surface area contributed by atoms with Crippen LogP contribution in [0, 0.1) is 5.92 Å². The van der Waals surface area contributed by atoms with Crippen molar-refractivity contribution in [3.8, 4) is 0 Å². The molecule has 2 aliphatic rings. The number of halogens is 2.